The summed E-state index contributed by atoms with van der Waals surface area (Å²) in [6.07, 6.45) is 1.73. The van der Waals surface area contributed by atoms with Gasteiger partial charge in [0.15, 0.2) is 0 Å². The van der Waals surface area contributed by atoms with E-state index in [-0.39, 0.29) is 5.91 Å². The van der Waals surface area contributed by atoms with E-state index >= 15 is 0 Å². The molecule has 20 heavy (non-hydrogen) atoms. The van der Waals surface area contributed by atoms with Crippen LogP contribution in [0.2, 0.25) is 0 Å². The van der Waals surface area contributed by atoms with E-state index in [9.17, 15) is 4.79 Å². The molecule has 0 aliphatic carbocycles. The second-order valence-electron chi connectivity index (χ2n) is 4.49. The number of nitrogens with one attached hydrogen (secondary N) is 1. The van der Waals surface area contributed by atoms with Crippen molar-refractivity contribution < 1.29 is 4.79 Å². The Hall–Kier alpha value is -2.88. The summed E-state index contributed by atoms with van der Waals surface area (Å²) in [5.74, 6) is -0.165. The molecule has 0 aliphatic heterocycles. The first-order chi connectivity index (χ1) is 9.72. The fraction of sp³-hybridized carbons (Fsp3) is 0. The number of carbonyl (C=O) groups is 1. The van der Waals surface area contributed by atoms with E-state index in [2.05, 4.69) is 10.3 Å². The fourth-order valence-corrected chi connectivity index (χ4v) is 2.04. The van der Waals surface area contributed by atoms with Crippen LogP contribution in [0.25, 0.3) is 10.9 Å². The van der Waals surface area contributed by atoms with E-state index in [0.29, 0.717) is 16.9 Å². The van der Waals surface area contributed by atoms with Crippen molar-refractivity contribution in [1.82, 2.24) is 4.98 Å². The van der Waals surface area contributed by atoms with Gasteiger partial charge in [0, 0.05) is 28.5 Å². The van der Waals surface area contributed by atoms with E-state index in [1.807, 2.05) is 24.3 Å². The highest BCUT2D eigenvalue weighted by Gasteiger charge is 2.07. The largest absolute Gasteiger partial charge is 0.399 e. The molecule has 3 N–H and O–H groups in total. The fourth-order valence-electron chi connectivity index (χ4n) is 2.04. The Morgan fingerprint density at radius 2 is 1.95 bits per heavy atom. The zero-order valence-electron chi connectivity index (χ0n) is 10.7. The summed E-state index contributed by atoms with van der Waals surface area (Å²) in [6.45, 7) is 0. The quantitative estimate of drug-likeness (QED) is 0.698. The number of hydrogen-bond acceptors (Lipinski definition) is 3. The summed E-state index contributed by atoms with van der Waals surface area (Å²) < 4.78 is 0. The number of pyridine rings is 1. The van der Waals surface area contributed by atoms with Gasteiger partial charge in [0.25, 0.3) is 5.91 Å². The number of benzene rings is 2. The minimum absolute atomic E-state index is 0.165. The van der Waals surface area contributed by atoms with Gasteiger partial charge in [0.2, 0.25) is 0 Å². The lowest BCUT2D eigenvalue weighted by Crippen LogP contribution is -2.11. The molecule has 0 unspecified atom stereocenters. The summed E-state index contributed by atoms with van der Waals surface area (Å²) in [4.78, 5) is 16.4. The number of hydrogen-bond donors (Lipinski definition) is 2. The average Bonchev–Trinajstić information content (AvgIpc) is 2.47. The van der Waals surface area contributed by atoms with Crippen molar-refractivity contribution in [2.75, 3.05) is 11.1 Å². The van der Waals surface area contributed by atoms with Crippen molar-refractivity contribution in [2.24, 2.45) is 0 Å². The first-order valence-electron chi connectivity index (χ1n) is 6.24. The number of fused-ring (bicyclic) bond motifs is 1. The smallest absolute Gasteiger partial charge is 0.255 e. The Bertz CT molecular complexity index is 783. The molecule has 4 heteroatoms. The molecular formula is C16H13N3O. The molecule has 0 fully saturated rings. The minimum Gasteiger partial charge on any atom is -0.399 e. The number of anilines is 2. The summed E-state index contributed by atoms with van der Waals surface area (Å²) in [5.41, 5.74) is 8.44. The molecule has 3 aromatic rings. The topological polar surface area (TPSA) is 68.0 Å². The van der Waals surface area contributed by atoms with Gasteiger partial charge in [-0.25, -0.2) is 0 Å². The van der Waals surface area contributed by atoms with Gasteiger partial charge >= 0.3 is 0 Å². The van der Waals surface area contributed by atoms with Crippen LogP contribution < -0.4 is 11.1 Å². The maximum Gasteiger partial charge on any atom is 0.255 e. The van der Waals surface area contributed by atoms with Crippen molar-refractivity contribution in [1.29, 1.82) is 0 Å². The van der Waals surface area contributed by atoms with Gasteiger partial charge in [-0.3, -0.25) is 9.78 Å². The Morgan fingerprint density at radius 1 is 1.05 bits per heavy atom. The maximum atomic E-state index is 12.2. The lowest BCUT2D eigenvalue weighted by Gasteiger charge is -2.06. The Labute approximate surface area is 116 Å². The summed E-state index contributed by atoms with van der Waals surface area (Å²) in [6, 6.07) is 16.3. The number of carbonyl (C=O) groups excluding carboxylic acids is 1. The zero-order valence-corrected chi connectivity index (χ0v) is 10.7. The lowest BCUT2D eigenvalue weighted by atomic mass is 10.1. The molecule has 1 heterocycles. The standard InChI is InChI=1S/C16H13N3O/c17-13-4-1-5-14(10-13)19-16(20)12-6-7-15-11(9-12)3-2-8-18-15/h1-10H,17H2,(H,19,20). The summed E-state index contributed by atoms with van der Waals surface area (Å²) >= 11 is 0. The first-order valence-corrected chi connectivity index (χ1v) is 6.24. The molecule has 0 aliphatic rings. The molecule has 3 rings (SSSR count). The van der Waals surface area contributed by atoms with E-state index in [1.54, 1.807) is 36.5 Å². The van der Waals surface area contributed by atoms with E-state index < -0.39 is 0 Å². The van der Waals surface area contributed by atoms with Crippen LogP contribution in [0.15, 0.2) is 60.8 Å². The van der Waals surface area contributed by atoms with Gasteiger partial charge < -0.3 is 11.1 Å². The third-order valence-corrected chi connectivity index (χ3v) is 3.01. The minimum atomic E-state index is -0.165. The Kier molecular flexibility index (Phi) is 3.05. The van der Waals surface area contributed by atoms with Gasteiger partial charge in [0.1, 0.15) is 0 Å². The van der Waals surface area contributed by atoms with Gasteiger partial charge in [-0.15, -0.1) is 0 Å². The second-order valence-corrected chi connectivity index (χ2v) is 4.49. The van der Waals surface area contributed by atoms with Crippen LogP contribution in [0.3, 0.4) is 0 Å². The van der Waals surface area contributed by atoms with Crippen molar-refractivity contribution in [2.45, 2.75) is 0 Å². The molecule has 98 valence electrons. The molecule has 0 atom stereocenters. The third-order valence-electron chi connectivity index (χ3n) is 3.01. The SMILES string of the molecule is Nc1cccc(NC(=O)c2ccc3ncccc3c2)c1. The van der Waals surface area contributed by atoms with Gasteiger partial charge in [-0.2, -0.15) is 0 Å². The van der Waals surface area contributed by atoms with Crippen LogP contribution in [0.1, 0.15) is 10.4 Å². The highest BCUT2D eigenvalue weighted by Crippen LogP contribution is 2.16. The van der Waals surface area contributed by atoms with Crippen molar-refractivity contribution in [3.8, 4) is 0 Å². The van der Waals surface area contributed by atoms with Crippen molar-refractivity contribution in [3.63, 3.8) is 0 Å². The van der Waals surface area contributed by atoms with E-state index in [0.717, 1.165) is 10.9 Å². The molecule has 0 saturated heterocycles. The summed E-state index contributed by atoms with van der Waals surface area (Å²) in [5, 5.41) is 3.76. The van der Waals surface area contributed by atoms with Gasteiger partial charge in [-0.05, 0) is 42.5 Å². The number of aromatic nitrogens is 1. The second kappa shape index (κ2) is 5.01. The number of nitrogens with zero attached hydrogens (tertiary/aromatic N) is 1. The zero-order chi connectivity index (χ0) is 13.9. The molecule has 4 nitrogen and oxygen atoms in total. The highest BCUT2D eigenvalue weighted by molar-refractivity contribution is 6.06. The van der Waals surface area contributed by atoms with Crippen LogP contribution in [0, 0.1) is 0 Å². The molecule has 1 amide bonds. The number of nitrogen functional groups attached to an aromatic ring is 1. The number of amides is 1. The first kappa shape index (κ1) is 12.2. The predicted octanol–water partition coefficient (Wildman–Crippen LogP) is 3.07. The Balaban J connectivity index is 1.88. The van der Waals surface area contributed by atoms with E-state index in [4.69, 9.17) is 5.73 Å². The van der Waals surface area contributed by atoms with Gasteiger partial charge in [0.05, 0.1) is 5.52 Å². The third kappa shape index (κ3) is 2.44. The molecule has 0 saturated carbocycles. The monoisotopic (exact) mass is 263 g/mol. The van der Waals surface area contributed by atoms with Crippen molar-refractivity contribution in [3.05, 3.63) is 66.4 Å². The molecule has 2 aromatic carbocycles. The van der Waals surface area contributed by atoms with E-state index in [1.165, 1.54) is 0 Å². The highest BCUT2D eigenvalue weighted by atomic mass is 16.1. The average molecular weight is 263 g/mol. The van der Waals surface area contributed by atoms with Crippen molar-refractivity contribution >= 4 is 28.2 Å². The summed E-state index contributed by atoms with van der Waals surface area (Å²) in [7, 11) is 0. The van der Waals surface area contributed by atoms with Crippen LogP contribution >= 0.6 is 0 Å². The van der Waals surface area contributed by atoms with Gasteiger partial charge in [-0.1, -0.05) is 12.1 Å². The molecule has 0 bridgehead atoms. The number of nitrogens with two attached hydrogens (primary N) is 1. The lowest BCUT2D eigenvalue weighted by molar-refractivity contribution is 0.102. The molecule has 0 radical (unpaired) electrons. The normalized spacial score (nSPS) is 10.4. The van der Waals surface area contributed by atoms with Crippen LogP contribution in [0.4, 0.5) is 11.4 Å². The number of rotatable bonds is 2. The molecule has 0 spiro atoms. The van der Waals surface area contributed by atoms with Crippen LogP contribution in [0.5, 0.6) is 0 Å². The maximum absolute atomic E-state index is 12.2. The molecular weight excluding hydrogens is 250 g/mol. The van der Waals surface area contributed by atoms with Crippen LogP contribution in [-0.4, -0.2) is 10.9 Å². The van der Waals surface area contributed by atoms with Crippen LogP contribution in [-0.2, 0) is 0 Å². The Morgan fingerprint density at radius 3 is 2.80 bits per heavy atom. The predicted molar refractivity (Wildman–Crippen MR) is 80.6 cm³/mol. The molecule has 1 aromatic heterocycles.